The highest BCUT2D eigenvalue weighted by Gasteiger charge is 2.26. The van der Waals surface area contributed by atoms with Crippen LogP contribution in [0.4, 0.5) is 4.39 Å². The van der Waals surface area contributed by atoms with Crippen molar-refractivity contribution in [3.63, 3.8) is 0 Å². The maximum Gasteiger partial charge on any atom is 0.262 e. The molecule has 1 unspecified atom stereocenters. The zero-order valence-corrected chi connectivity index (χ0v) is 17.2. The van der Waals surface area contributed by atoms with Crippen molar-refractivity contribution in [2.75, 3.05) is 0 Å². The van der Waals surface area contributed by atoms with Gasteiger partial charge in [-0.2, -0.15) is 0 Å². The average Bonchev–Trinajstić information content (AvgIpc) is 3.41. The van der Waals surface area contributed by atoms with Crippen molar-refractivity contribution in [3.8, 4) is 0 Å². The van der Waals surface area contributed by atoms with E-state index >= 15 is 0 Å². The topological polar surface area (TPSA) is 80.0 Å². The first kappa shape index (κ1) is 19.4. The Kier molecular flexibility index (Phi) is 4.78. The molecule has 1 aliphatic rings. The van der Waals surface area contributed by atoms with Crippen LogP contribution in [0.2, 0.25) is 0 Å². The number of H-pyrrole nitrogens is 1. The second-order valence-corrected chi connectivity index (χ2v) is 7.92. The number of nitrogens with zero attached hydrogens (tertiary/aromatic N) is 1. The number of fused-ring (bicyclic) bond motifs is 2. The van der Waals surface area contributed by atoms with Gasteiger partial charge < -0.3 is 14.7 Å². The van der Waals surface area contributed by atoms with E-state index in [9.17, 15) is 14.0 Å². The number of furan rings is 1. The van der Waals surface area contributed by atoms with Gasteiger partial charge >= 0.3 is 0 Å². The molecule has 0 aliphatic heterocycles. The van der Waals surface area contributed by atoms with E-state index < -0.39 is 0 Å². The van der Waals surface area contributed by atoms with E-state index in [1.54, 1.807) is 36.4 Å². The number of carbonyl (C=O) groups is 1. The lowest BCUT2D eigenvalue weighted by molar-refractivity contribution is 0.0937. The Labute approximate surface area is 181 Å². The summed E-state index contributed by atoms with van der Waals surface area (Å²) in [5, 5.41) is 3.39. The van der Waals surface area contributed by atoms with Crippen LogP contribution in [0.5, 0.6) is 0 Å². The number of amides is 1. The number of aromatic amines is 1. The van der Waals surface area contributed by atoms with E-state index in [4.69, 9.17) is 16.6 Å². The molecule has 0 bridgehead atoms. The largest absolute Gasteiger partial charge is 0.467 e. The van der Waals surface area contributed by atoms with E-state index in [2.05, 4.69) is 10.3 Å². The minimum Gasteiger partial charge on any atom is -0.467 e. The lowest BCUT2D eigenvalue weighted by atomic mass is 10.1. The summed E-state index contributed by atoms with van der Waals surface area (Å²) < 4.78 is 20.9. The first-order chi connectivity index (χ1) is 15.0. The molecule has 2 N–H and O–H groups in total. The molecule has 0 saturated carbocycles. The highest BCUT2D eigenvalue weighted by atomic mass is 32.1. The predicted molar refractivity (Wildman–Crippen MR) is 116 cm³/mol. The van der Waals surface area contributed by atoms with Gasteiger partial charge in [-0.25, -0.2) is 4.39 Å². The molecule has 1 aliphatic carbocycles. The third-order valence-electron chi connectivity index (χ3n) is 5.66. The van der Waals surface area contributed by atoms with Gasteiger partial charge in [0.15, 0.2) is 4.77 Å². The van der Waals surface area contributed by atoms with Crippen LogP contribution >= 0.6 is 12.2 Å². The molecule has 6 nitrogen and oxygen atoms in total. The van der Waals surface area contributed by atoms with E-state index in [0.29, 0.717) is 40.6 Å². The number of aromatic nitrogens is 2. The van der Waals surface area contributed by atoms with Crippen molar-refractivity contribution in [2.45, 2.75) is 25.4 Å². The van der Waals surface area contributed by atoms with Gasteiger partial charge in [-0.15, -0.1) is 0 Å². The van der Waals surface area contributed by atoms with Gasteiger partial charge in [0.2, 0.25) is 0 Å². The SMILES string of the molecule is O=C(NC1CCc2c(F)cccc21)c1ccc2c(=O)n(Cc3ccco3)c(=S)[nH]c2c1. The third-order valence-corrected chi connectivity index (χ3v) is 5.98. The van der Waals surface area contributed by atoms with Crippen LogP contribution in [0.1, 0.15) is 39.7 Å². The average molecular weight is 435 g/mol. The maximum atomic E-state index is 14.0. The quantitative estimate of drug-likeness (QED) is 0.470. The summed E-state index contributed by atoms with van der Waals surface area (Å²) in [5.74, 6) is 0.0895. The van der Waals surface area contributed by atoms with Crippen molar-refractivity contribution >= 4 is 29.0 Å². The zero-order chi connectivity index (χ0) is 21.5. The molecule has 156 valence electrons. The molecule has 5 rings (SSSR count). The maximum absolute atomic E-state index is 14.0. The Morgan fingerprint density at radius 1 is 1.26 bits per heavy atom. The second-order valence-electron chi connectivity index (χ2n) is 7.53. The van der Waals surface area contributed by atoms with Crippen molar-refractivity contribution < 1.29 is 13.6 Å². The van der Waals surface area contributed by atoms with E-state index in [0.717, 1.165) is 5.56 Å². The number of nitrogens with one attached hydrogen (secondary N) is 2. The Morgan fingerprint density at radius 3 is 2.94 bits per heavy atom. The molecule has 31 heavy (non-hydrogen) atoms. The van der Waals surface area contributed by atoms with Gasteiger partial charge in [-0.1, -0.05) is 12.1 Å². The molecular formula is C23H18FN3O3S. The molecule has 4 aromatic rings. The van der Waals surface area contributed by atoms with Crippen molar-refractivity contribution in [2.24, 2.45) is 0 Å². The van der Waals surface area contributed by atoms with Crippen molar-refractivity contribution in [1.82, 2.24) is 14.9 Å². The molecule has 0 saturated heterocycles. The van der Waals surface area contributed by atoms with Crippen LogP contribution in [0.25, 0.3) is 10.9 Å². The van der Waals surface area contributed by atoms with Crippen molar-refractivity contribution in [1.29, 1.82) is 0 Å². The number of hydrogen-bond donors (Lipinski definition) is 2. The van der Waals surface area contributed by atoms with Gasteiger partial charge in [-0.05, 0) is 72.6 Å². The summed E-state index contributed by atoms with van der Waals surface area (Å²) in [5.41, 5.74) is 2.09. The summed E-state index contributed by atoms with van der Waals surface area (Å²) in [4.78, 5) is 28.8. The number of rotatable bonds is 4. The highest BCUT2D eigenvalue weighted by molar-refractivity contribution is 7.71. The summed E-state index contributed by atoms with van der Waals surface area (Å²) in [7, 11) is 0. The lowest BCUT2D eigenvalue weighted by Gasteiger charge is -2.15. The summed E-state index contributed by atoms with van der Waals surface area (Å²) >= 11 is 5.35. The van der Waals surface area contributed by atoms with E-state index in [1.165, 1.54) is 16.9 Å². The Morgan fingerprint density at radius 2 is 2.13 bits per heavy atom. The van der Waals surface area contributed by atoms with Crippen LogP contribution in [0.15, 0.2) is 64.0 Å². The molecule has 2 heterocycles. The van der Waals surface area contributed by atoms with Crippen molar-refractivity contribution in [3.05, 3.63) is 98.2 Å². The van der Waals surface area contributed by atoms with Crippen LogP contribution < -0.4 is 10.9 Å². The molecule has 2 aromatic carbocycles. The predicted octanol–water partition coefficient (Wildman–Crippen LogP) is 4.26. The molecule has 0 fully saturated rings. The number of benzene rings is 2. The first-order valence-electron chi connectivity index (χ1n) is 9.88. The molecule has 0 spiro atoms. The van der Waals surface area contributed by atoms with Crippen LogP contribution in [-0.2, 0) is 13.0 Å². The number of halogens is 1. The number of hydrogen-bond acceptors (Lipinski definition) is 4. The fourth-order valence-corrected chi connectivity index (χ4v) is 4.36. The summed E-state index contributed by atoms with van der Waals surface area (Å²) in [6.07, 6.45) is 2.78. The summed E-state index contributed by atoms with van der Waals surface area (Å²) in [6, 6.07) is 13.0. The molecule has 0 radical (unpaired) electrons. The van der Waals surface area contributed by atoms with Gasteiger partial charge in [0.25, 0.3) is 11.5 Å². The van der Waals surface area contributed by atoms with Crippen LogP contribution in [-0.4, -0.2) is 15.5 Å². The van der Waals surface area contributed by atoms with Gasteiger partial charge in [-0.3, -0.25) is 14.2 Å². The fraction of sp³-hybridized carbons (Fsp3) is 0.174. The standard InChI is InChI=1S/C23H18FN3O3S/c24-18-5-1-4-16-15(18)8-9-19(16)25-21(28)13-6-7-17-20(11-13)26-23(31)27(22(17)29)12-14-3-2-10-30-14/h1-7,10-11,19H,8-9,12H2,(H,25,28)(H,26,31). The van der Waals surface area contributed by atoms with Gasteiger partial charge in [0.05, 0.1) is 29.8 Å². The lowest BCUT2D eigenvalue weighted by Crippen LogP contribution is -2.27. The monoisotopic (exact) mass is 435 g/mol. The van der Waals surface area contributed by atoms with E-state index in [-0.39, 0.29) is 34.6 Å². The molecule has 1 amide bonds. The Bertz CT molecular complexity index is 1420. The normalized spacial score (nSPS) is 15.2. The first-order valence-corrected chi connectivity index (χ1v) is 10.3. The zero-order valence-electron chi connectivity index (χ0n) is 16.4. The molecule has 2 aromatic heterocycles. The third kappa shape index (κ3) is 3.48. The number of carbonyl (C=O) groups excluding carboxylic acids is 1. The fourth-order valence-electron chi connectivity index (χ4n) is 4.10. The minimum absolute atomic E-state index is 0.219. The molecule has 1 atom stereocenters. The smallest absolute Gasteiger partial charge is 0.262 e. The van der Waals surface area contributed by atoms with E-state index in [1.807, 2.05) is 6.07 Å². The minimum atomic E-state index is -0.289. The second kappa shape index (κ2) is 7.63. The summed E-state index contributed by atoms with van der Waals surface area (Å²) in [6.45, 7) is 0.219. The highest BCUT2D eigenvalue weighted by Crippen LogP contribution is 2.32. The van der Waals surface area contributed by atoms with Gasteiger partial charge in [0, 0.05) is 5.56 Å². The Hall–Kier alpha value is -3.52. The van der Waals surface area contributed by atoms with Crippen LogP contribution in [0, 0.1) is 10.6 Å². The van der Waals surface area contributed by atoms with Crippen LogP contribution in [0.3, 0.4) is 0 Å². The Balaban J connectivity index is 1.44. The van der Waals surface area contributed by atoms with Gasteiger partial charge in [0.1, 0.15) is 11.6 Å². The molecular weight excluding hydrogens is 417 g/mol. The molecule has 8 heteroatoms.